The highest BCUT2D eigenvalue weighted by atomic mass is 35.5. The molecule has 1 saturated heterocycles. The summed E-state index contributed by atoms with van der Waals surface area (Å²) in [4.78, 5) is 32.4. The van der Waals surface area contributed by atoms with Crippen LogP contribution in [0.15, 0.2) is 42.6 Å². The fourth-order valence-corrected chi connectivity index (χ4v) is 6.07. The van der Waals surface area contributed by atoms with E-state index in [4.69, 9.17) is 16.3 Å². The summed E-state index contributed by atoms with van der Waals surface area (Å²) < 4.78 is 22.0. The first-order valence-electron chi connectivity index (χ1n) is 12.9. The Balaban J connectivity index is 1.09. The van der Waals surface area contributed by atoms with Crippen LogP contribution < -0.4 is 15.0 Å². The fraction of sp³-hybridized carbons (Fsp3) is 0.393. The number of amides is 3. The number of nitrogens with zero attached hydrogens (tertiary/aromatic N) is 4. The Kier molecular flexibility index (Phi) is 6.57. The quantitative estimate of drug-likeness (QED) is 0.484. The largest absolute Gasteiger partial charge is 0.486 e. The number of fused-ring (bicyclic) bond motifs is 1. The summed E-state index contributed by atoms with van der Waals surface area (Å²) in [7, 11) is 1.88. The van der Waals surface area contributed by atoms with Crippen LogP contribution >= 0.6 is 11.6 Å². The number of nitrogens with one attached hydrogen (secondary N) is 1. The molecule has 1 N–H and O–H groups in total. The van der Waals surface area contributed by atoms with Crippen LogP contribution in [0, 0.1) is 11.7 Å². The van der Waals surface area contributed by atoms with E-state index in [0.29, 0.717) is 23.3 Å². The number of anilines is 1. The van der Waals surface area contributed by atoms with E-state index < -0.39 is 11.8 Å². The van der Waals surface area contributed by atoms with Crippen molar-refractivity contribution < 1.29 is 18.7 Å². The molecule has 6 rings (SSSR count). The summed E-state index contributed by atoms with van der Waals surface area (Å²) in [5.41, 5.74) is 3.57. The topological polar surface area (TPSA) is 79.7 Å². The molecule has 2 aliphatic heterocycles. The van der Waals surface area contributed by atoms with Gasteiger partial charge in [0.15, 0.2) is 11.6 Å². The average Bonchev–Trinajstić information content (AvgIpc) is 3.60. The monoisotopic (exact) mass is 537 g/mol. The number of para-hydroxylation sites is 1. The molecular formula is C28H29ClFN5O3. The molecule has 1 aliphatic carbocycles. The zero-order valence-electron chi connectivity index (χ0n) is 21.1. The van der Waals surface area contributed by atoms with Crippen molar-refractivity contribution >= 4 is 29.4 Å². The van der Waals surface area contributed by atoms with Gasteiger partial charge < -0.3 is 9.30 Å². The maximum absolute atomic E-state index is 14.1. The summed E-state index contributed by atoms with van der Waals surface area (Å²) in [5.74, 6) is 1.40. The smallest absolute Gasteiger partial charge is 0.329 e. The minimum atomic E-state index is -0.419. The Morgan fingerprint density at radius 2 is 2.00 bits per heavy atom. The molecule has 8 nitrogen and oxygen atoms in total. The fourth-order valence-electron chi connectivity index (χ4n) is 5.86. The van der Waals surface area contributed by atoms with Crippen molar-refractivity contribution in [2.45, 2.75) is 44.9 Å². The zero-order valence-corrected chi connectivity index (χ0v) is 21.9. The first-order valence-corrected chi connectivity index (χ1v) is 13.3. The van der Waals surface area contributed by atoms with E-state index in [-0.39, 0.29) is 24.2 Å². The molecule has 38 heavy (non-hydrogen) atoms. The predicted molar refractivity (Wildman–Crippen MR) is 141 cm³/mol. The zero-order chi connectivity index (χ0) is 26.4. The highest BCUT2D eigenvalue weighted by Gasteiger charge is 2.31. The van der Waals surface area contributed by atoms with Crippen LogP contribution in [-0.4, -0.2) is 45.6 Å². The molecule has 3 amide bonds. The van der Waals surface area contributed by atoms with E-state index >= 15 is 0 Å². The van der Waals surface area contributed by atoms with Crippen LogP contribution in [0.1, 0.15) is 36.8 Å². The Morgan fingerprint density at radius 1 is 1.16 bits per heavy atom. The molecule has 3 aromatic rings. The van der Waals surface area contributed by atoms with E-state index in [1.54, 1.807) is 23.2 Å². The molecule has 0 bridgehead atoms. The van der Waals surface area contributed by atoms with E-state index in [1.807, 2.05) is 11.6 Å². The molecule has 2 atom stereocenters. The normalized spacial score (nSPS) is 21.6. The summed E-state index contributed by atoms with van der Waals surface area (Å²) in [6.07, 6.45) is 4.74. The minimum Gasteiger partial charge on any atom is -0.486 e. The van der Waals surface area contributed by atoms with E-state index in [0.717, 1.165) is 50.3 Å². The Labute approximate surface area is 225 Å². The summed E-state index contributed by atoms with van der Waals surface area (Å²) in [6.45, 7) is 3.05. The van der Waals surface area contributed by atoms with Gasteiger partial charge >= 0.3 is 6.03 Å². The second-order valence-electron chi connectivity index (χ2n) is 10.4. The molecule has 2 aromatic carbocycles. The molecule has 1 saturated carbocycles. The van der Waals surface area contributed by atoms with Crippen LogP contribution in [0.2, 0.25) is 5.02 Å². The maximum Gasteiger partial charge on any atom is 0.329 e. The lowest BCUT2D eigenvalue weighted by Gasteiger charge is -2.26. The molecule has 198 valence electrons. The molecule has 3 heterocycles. The van der Waals surface area contributed by atoms with Gasteiger partial charge in [0, 0.05) is 45.2 Å². The second-order valence-corrected chi connectivity index (χ2v) is 10.8. The third-order valence-electron chi connectivity index (χ3n) is 7.76. The van der Waals surface area contributed by atoms with Gasteiger partial charge in [-0.2, -0.15) is 0 Å². The Bertz CT molecular complexity index is 1390. The number of benzene rings is 2. The predicted octanol–water partition coefficient (Wildman–Crippen LogP) is 4.89. The van der Waals surface area contributed by atoms with Crippen LogP contribution in [0.4, 0.5) is 15.0 Å². The van der Waals surface area contributed by atoms with Crippen molar-refractivity contribution in [2.24, 2.45) is 13.0 Å². The highest BCUT2D eigenvalue weighted by Crippen LogP contribution is 2.36. The summed E-state index contributed by atoms with van der Waals surface area (Å²) >= 11 is 6.14. The molecule has 1 aromatic heterocycles. The molecule has 2 fully saturated rings. The second kappa shape index (κ2) is 10.0. The number of aromatic nitrogens is 2. The van der Waals surface area contributed by atoms with E-state index in [1.165, 1.54) is 17.2 Å². The molecule has 2 unspecified atom stereocenters. The van der Waals surface area contributed by atoms with Gasteiger partial charge in [-0.15, -0.1) is 0 Å². The summed E-state index contributed by atoms with van der Waals surface area (Å²) in [6, 6.07) is 10.6. The van der Waals surface area contributed by atoms with Gasteiger partial charge in [-0.25, -0.2) is 14.2 Å². The van der Waals surface area contributed by atoms with Crippen molar-refractivity contribution in [3.63, 3.8) is 0 Å². The first-order chi connectivity index (χ1) is 18.4. The third-order valence-corrected chi connectivity index (χ3v) is 8.06. The number of imide groups is 1. The van der Waals surface area contributed by atoms with Gasteiger partial charge in [0.1, 0.15) is 11.6 Å². The Hall–Kier alpha value is -3.43. The van der Waals surface area contributed by atoms with Crippen LogP contribution in [0.5, 0.6) is 5.75 Å². The van der Waals surface area contributed by atoms with Gasteiger partial charge in [-0.1, -0.05) is 29.8 Å². The number of imidazole rings is 1. The van der Waals surface area contributed by atoms with E-state index in [2.05, 4.69) is 33.4 Å². The van der Waals surface area contributed by atoms with Crippen molar-refractivity contribution in [2.75, 3.05) is 18.0 Å². The van der Waals surface area contributed by atoms with Crippen LogP contribution in [0.25, 0.3) is 11.4 Å². The van der Waals surface area contributed by atoms with Crippen molar-refractivity contribution in [1.29, 1.82) is 0 Å². The van der Waals surface area contributed by atoms with Crippen LogP contribution in [-0.2, 0) is 24.9 Å². The first kappa shape index (κ1) is 24.9. The van der Waals surface area contributed by atoms with Gasteiger partial charge in [0.05, 0.1) is 17.3 Å². The Morgan fingerprint density at radius 3 is 2.82 bits per heavy atom. The molecule has 0 spiro atoms. The number of urea groups is 1. The van der Waals surface area contributed by atoms with Gasteiger partial charge in [-0.05, 0) is 54.5 Å². The van der Waals surface area contributed by atoms with Crippen LogP contribution in [0.3, 0.4) is 0 Å². The number of carbonyl (C=O) groups is 2. The van der Waals surface area contributed by atoms with Crippen molar-refractivity contribution in [3.8, 4) is 17.1 Å². The standard InChI is InChI=1S/C28H29ClFN5O3/c1-33-25(35-10-9-24(36)32-28(35)37)13-31-27(33)18-6-7-19-15-34(16-20(19)12-18)14-17-5-8-21(11-17)38-26-22(29)3-2-4-23(26)30/h2-4,6-7,12-13,17,21H,5,8-11,14-16H2,1H3,(H,32,36,37). The number of rotatable bonds is 6. The number of hydrogen-bond donors (Lipinski definition) is 1. The van der Waals surface area contributed by atoms with E-state index in [9.17, 15) is 14.0 Å². The molecule has 3 aliphatic rings. The number of hydrogen-bond acceptors (Lipinski definition) is 5. The molecular weight excluding hydrogens is 509 g/mol. The van der Waals surface area contributed by atoms with Gasteiger partial charge in [0.25, 0.3) is 0 Å². The maximum atomic E-state index is 14.1. The lowest BCUT2D eigenvalue weighted by Crippen LogP contribution is -2.50. The lowest BCUT2D eigenvalue weighted by atomic mass is 10.1. The molecule has 0 radical (unpaired) electrons. The average molecular weight is 538 g/mol. The highest BCUT2D eigenvalue weighted by molar-refractivity contribution is 6.32. The number of carbonyl (C=O) groups excluding carboxylic acids is 2. The SMILES string of the molecule is Cn1c(N2CCC(=O)NC2=O)cnc1-c1ccc2c(c1)CN(CC1CCC(Oc3c(F)cccc3Cl)C1)C2. The minimum absolute atomic E-state index is 0.0244. The number of halogens is 2. The number of ether oxygens (including phenoxy) is 1. The molecule has 10 heteroatoms. The van der Waals surface area contributed by atoms with Crippen molar-refractivity contribution in [1.82, 2.24) is 19.8 Å². The summed E-state index contributed by atoms with van der Waals surface area (Å²) in [5, 5.41) is 2.68. The lowest BCUT2D eigenvalue weighted by molar-refractivity contribution is -0.120. The van der Waals surface area contributed by atoms with Gasteiger partial charge in [0.2, 0.25) is 5.91 Å². The third kappa shape index (κ3) is 4.76. The van der Waals surface area contributed by atoms with Crippen molar-refractivity contribution in [3.05, 3.63) is 64.6 Å². The van der Waals surface area contributed by atoms with Gasteiger partial charge in [-0.3, -0.25) is 19.9 Å².